The highest BCUT2D eigenvalue weighted by molar-refractivity contribution is 7.12. The molecule has 0 fully saturated rings. The van der Waals surface area contributed by atoms with E-state index in [9.17, 15) is 4.79 Å². The molecular formula is C4H2N4OS. The van der Waals surface area contributed by atoms with E-state index in [1.807, 2.05) is 0 Å². The van der Waals surface area contributed by atoms with Crippen molar-refractivity contribution in [2.45, 2.75) is 0 Å². The van der Waals surface area contributed by atoms with Crippen LogP contribution in [0.25, 0.3) is 10.5 Å². The molecule has 2 heterocycles. The van der Waals surface area contributed by atoms with E-state index in [0.29, 0.717) is 22.6 Å². The fourth-order valence-electron chi connectivity index (χ4n) is 0.652. The molecule has 2 rings (SSSR count). The first-order chi connectivity index (χ1) is 4.90. The minimum absolute atomic E-state index is 0.302. The second kappa shape index (κ2) is 1.84. The average Bonchev–Trinajstić information content (AvgIpc) is 2.42. The third-order valence-electron chi connectivity index (χ3n) is 1.05. The van der Waals surface area contributed by atoms with Gasteiger partial charge in [0.2, 0.25) is 0 Å². The second-order valence-electron chi connectivity index (χ2n) is 1.67. The van der Waals surface area contributed by atoms with Crippen molar-refractivity contribution in [1.29, 1.82) is 0 Å². The molecule has 0 bridgehead atoms. The van der Waals surface area contributed by atoms with Crippen molar-refractivity contribution in [3.8, 4) is 0 Å². The molecule has 1 N–H and O–H groups in total. The first-order valence-corrected chi connectivity index (χ1v) is 3.31. The lowest BCUT2D eigenvalue weighted by atomic mass is 10.7. The molecule has 0 aliphatic heterocycles. The minimum atomic E-state index is 0.302. The zero-order valence-electron chi connectivity index (χ0n) is 4.74. The number of aldehydes is 1. The van der Waals surface area contributed by atoms with Gasteiger partial charge in [-0.15, -0.1) is 5.10 Å². The summed E-state index contributed by atoms with van der Waals surface area (Å²) in [6.07, 6.45) is 0.647. The fraction of sp³-hybridized carbons (Fsp3) is 0. The van der Waals surface area contributed by atoms with Gasteiger partial charge < -0.3 is 4.98 Å². The third kappa shape index (κ3) is 0.623. The molecule has 0 aliphatic carbocycles. The smallest absolute Gasteiger partial charge is 0.193 e. The summed E-state index contributed by atoms with van der Waals surface area (Å²) in [5.74, 6) is 0.302. The summed E-state index contributed by atoms with van der Waals surface area (Å²) >= 11 is 1.16. The van der Waals surface area contributed by atoms with Crippen molar-refractivity contribution >= 4 is 28.3 Å². The van der Waals surface area contributed by atoms with Gasteiger partial charge in [0.25, 0.3) is 0 Å². The van der Waals surface area contributed by atoms with Crippen molar-refractivity contribution < 1.29 is 4.79 Å². The topological polar surface area (TPSA) is 71.5 Å². The van der Waals surface area contributed by atoms with E-state index in [1.54, 1.807) is 0 Å². The Balaban J connectivity index is 2.78. The van der Waals surface area contributed by atoms with Crippen LogP contribution in [0.1, 0.15) is 10.6 Å². The molecule has 50 valence electrons. The number of imidazole rings is 1. The summed E-state index contributed by atoms with van der Waals surface area (Å²) in [6.45, 7) is 0. The monoisotopic (exact) mass is 154 g/mol. The van der Waals surface area contributed by atoms with Gasteiger partial charge in [-0.2, -0.15) is 0 Å². The fourth-order valence-corrected chi connectivity index (χ4v) is 1.17. The first-order valence-electron chi connectivity index (χ1n) is 2.53. The number of carbonyl (C=O) groups is 1. The number of hydrogen-bond acceptors (Lipinski definition) is 5. The molecule has 2 aromatic heterocycles. The van der Waals surface area contributed by atoms with E-state index in [2.05, 4.69) is 19.6 Å². The van der Waals surface area contributed by atoms with Crippen LogP contribution in [0.15, 0.2) is 0 Å². The first kappa shape index (κ1) is 5.48. The molecule has 5 nitrogen and oxygen atoms in total. The molecule has 0 saturated heterocycles. The van der Waals surface area contributed by atoms with E-state index < -0.39 is 0 Å². The molecule has 0 amide bonds. The molecule has 0 aromatic carbocycles. The van der Waals surface area contributed by atoms with Crippen LogP contribution >= 0.6 is 11.5 Å². The number of nitrogens with one attached hydrogen (secondary N) is 1. The summed E-state index contributed by atoms with van der Waals surface area (Å²) in [5, 5.41) is 3.68. The normalized spacial score (nSPS) is 10.4. The van der Waals surface area contributed by atoms with Crippen LogP contribution in [0.4, 0.5) is 0 Å². The number of hydrogen-bond donors (Lipinski definition) is 1. The highest BCUT2D eigenvalue weighted by Gasteiger charge is 2.03. The summed E-state index contributed by atoms with van der Waals surface area (Å²) in [4.78, 5) is 17.3. The zero-order valence-corrected chi connectivity index (χ0v) is 5.55. The molecule has 0 atom stereocenters. The van der Waals surface area contributed by atoms with E-state index in [0.717, 1.165) is 11.5 Å². The lowest BCUT2D eigenvalue weighted by molar-refractivity contribution is 0.111. The number of aromatic nitrogens is 4. The lowest BCUT2D eigenvalue weighted by Gasteiger charge is -1.71. The SMILES string of the molecule is O=Cc1nc2snnc2[nH]1. The van der Waals surface area contributed by atoms with Gasteiger partial charge in [-0.05, 0) is 0 Å². The highest BCUT2D eigenvalue weighted by Crippen LogP contribution is 2.09. The molecule has 0 unspecified atom stereocenters. The van der Waals surface area contributed by atoms with Crippen molar-refractivity contribution in [1.82, 2.24) is 19.6 Å². The Bertz CT molecular complexity index is 335. The van der Waals surface area contributed by atoms with Gasteiger partial charge in [0.05, 0.1) is 0 Å². The number of nitrogens with zero attached hydrogens (tertiary/aromatic N) is 3. The molecule has 0 radical (unpaired) electrons. The van der Waals surface area contributed by atoms with Gasteiger partial charge in [-0.3, -0.25) is 4.79 Å². The Hall–Kier alpha value is -1.30. The largest absolute Gasteiger partial charge is 0.318 e. The molecular weight excluding hydrogens is 152 g/mol. The van der Waals surface area contributed by atoms with Gasteiger partial charge in [0.15, 0.2) is 22.6 Å². The van der Waals surface area contributed by atoms with Crippen LogP contribution in [0, 0.1) is 0 Å². The Morgan fingerprint density at radius 2 is 2.50 bits per heavy atom. The Labute approximate surface area is 59.3 Å². The molecule has 0 spiro atoms. The van der Waals surface area contributed by atoms with Gasteiger partial charge in [0, 0.05) is 11.5 Å². The summed E-state index contributed by atoms with van der Waals surface area (Å²) < 4.78 is 3.62. The average molecular weight is 154 g/mol. The van der Waals surface area contributed by atoms with E-state index in [-0.39, 0.29) is 0 Å². The molecule has 2 aromatic rings. The second-order valence-corrected chi connectivity index (χ2v) is 2.40. The Kier molecular flexibility index (Phi) is 1.01. The van der Waals surface area contributed by atoms with Crippen molar-refractivity contribution in [3.63, 3.8) is 0 Å². The van der Waals surface area contributed by atoms with Gasteiger partial charge in [0.1, 0.15) is 0 Å². The van der Waals surface area contributed by atoms with Crippen LogP contribution < -0.4 is 0 Å². The quantitative estimate of drug-likeness (QED) is 0.596. The minimum Gasteiger partial charge on any atom is -0.318 e. The molecule has 0 aliphatic rings. The number of carbonyl (C=O) groups excluding carboxylic acids is 1. The summed E-state index contributed by atoms with van der Waals surface area (Å²) in [7, 11) is 0. The van der Waals surface area contributed by atoms with Crippen LogP contribution in [-0.4, -0.2) is 25.8 Å². The number of rotatable bonds is 1. The maximum atomic E-state index is 10.1. The predicted molar refractivity (Wildman–Crippen MR) is 34.9 cm³/mol. The molecule has 6 heteroatoms. The standard InChI is InChI=1S/C4H2N4OS/c9-1-2-5-3-4(6-2)10-8-7-3/h1H,(H,5,6). The van der Waals surface area contributed by atoms with Crippen molar-refractivity contribution in [2.75, 3.05) is 0 Å². The maximum Gasteiger partial charge on any atom is 0.193 e. The van der Waals surface area contributed by atoms with Crippen LogP contribution in [0.5, 0.6) is 0 Å². The predicted octanol–water partition coefficient (Wildman–Crippen LogP) is 0.227. The van der Waals surface area contributed by atoms with Gasteiger partial charge in [-0.1, -0.05) is 4.49 Å². The van der Waals surface area contributed by atoms with Crippen LogP contribution in [0.2, 0.25) is 0 Å². The molecule has 0 saturated carbocycles. The van der Waals surface area contributed by atoms with E-state index in [4.69, 9.17) is 0 Å². The van der Waals surface area contributed by atoms with Crippen molar-refractivity contribution in [2.24, 2.45) is 0 Å². The van der Waals surface area contributed by atoms with Gasteiger partial charge in [-0.25, -0.2) is 4.98 Å². The van der Waals surface area contributed by atoms with Crippen LogP contribution in [-0.2, 0) is 0 Å². The number of H-pyrrole nitrogens is 1. The van der Waals surface area contributed by atoms with Crippen LogP contribution in [0.3, 0.4) is 0 Å². The maximum absolute atomic E-state index is 10.1. The van der Waals surface area contributed by atoms with Gasteiger partial charge >= 0.3 is 0 Å². The Morgan fingerprint density at radius 1 is 1.60 bits per heavy atom. The van der Waals surface area contributed by atoms with E-state index >= 15 is 0 Å². The number of aromatic amines is 1. The highest BCUT2D eigenvalue weighted by atomic mass is 32.1. The summed E-state index contributed by atoms with van der Waals surface area (Å²) in [5.41, 5.74) is 0.576. The number of fused-ring (bicyclic) bond motifs is 1. The lowest BCUT2D eigenvalue weighted by Crippen LogP contribution is -1.80. The van der Waals surface area contributed by atoms with E-state index in [1.165, 1.54) is 0 Å². The third-order valence-corrected chi connectivity index (χ3v) is 1.67. The zero-order chi connectivity index (χ0) is 6.97. The van der Waals surface area contributed by atoms with Crippen molar-refractivity contribution in [3.05, 3.63) is 5.82 Å². The summed E-state index contributed by atoms with van der Waals surface area (Å²) in [6, 6.07) is 0. The molecule has 10 heavy (non-hydrogen) atoms. The Morgan fingerprint density at radius 3 is 3.20 bits per heavy atom.